The number of benzene rings is 2. The highest BCUT2D eigenvalue weighted by Crippen LogP contribution is 2.39. The zero-order valence-electron chi connectivity index (χ0n) is 8.29. The lowest BCUT2D eigenvalue weighted by atomic mass is 10.0. The third-order valence-electron chi connectivity index (χ3n) is 2.41. The van der Waals surface area contributed by atoms with Crippen molar-refractivity contribution in [1.29, 1.82) is 0 Å². The maximum atomic E-state index is 13.3. The highest BCUT2D eigenvalue weighted by atomic mass is 19.2. The van der Waals surface area contributed by atoms with Crippen molar-refractivity contribution in [3.05, 3.63) is 34.9 Å². The zero-order valence-corrected chi connectivity index (χ0v) is 8.29. The van der Waals surface area contributed by atoms with E-state index in [4.69, 9.17) is 10.8 Å². The Morgan fingerprint density at radius 3 is 1.61 bits per heavy atom. The number of hydrogen-bond donors (Lipinski definition) is 2. The van der Waals surface area contributed by atoms with Crippen LogP contribution in [0.4, 0.5) is 32.0 Å². The molecule has 3 N–H and O–H groups in total. The van der Waals surface area contributed by atoms with E-state index in [1.807, 2.05) is 0 Å². The molecule has 8 heteroatoms. The lowest BCUT2D eigenvalue weighted by Gasteiger charge is -2.10. The second kappa shape index (κ2) is 3.69. The highest BCUT2D eigenvalue weighted by molar-refractivity contribution is 5.98. The average molecular weight is 267 g/mol. The van der Waals surface area contributed by atoms with E-state index < -0.39 is 57.1 Å². The van der Waals surface area contributed by atoms with Gasteiger partial charge in [-0.1, -0.05) is 0 Å². The summed E-state index contributed by atoms with van der Waals surface area (Å²) >= 11 is 0. The molecule has 2 rings (SSSR count). The normalized spacial score (nSPS) is 11.2. The zero-order chi connectivity index (χ0) is 13.8. The predicted octanol–water partition coefficient (Wildman–Crippen LogP) is 2.96. The molecule has 2 nitrogen and oxygen atoms in total. The molecule has 18 heavy (non-hydrogen) atoms. The van der Waals surface area contributed by atoms with Gasteiger partial charge in [0.1, 0.15) is 0 Å². The molecule has 96 valence electrons. The predicted molar refractivity (Wildman–Crippen MR) is 49.8 cm³/mol. The summed E-state index contributed by atoms with van der Waals surface area (Å²) in [6, 6.07) is 0. The lowest BCUT2D eigenvalue weighted by Crippen LogP contribution is -2.05. The molecule has 0 saturated heterocycles. The fourth-order valence-electron chi connectivity index (χ4n) is 1.55. The van der Waals surface area contributed by atoms with E-state index in [9.17, 15) is 26.3 Å². The minimum absolute atomic E-state index is 1.26. The average Bonchev–Trinajstić information content (AvgIpc) is 2.35. The number of nitrogens with two attached hydrogens (primary N) is 1. The molecule has 2 aromatic rings. The highest BCUT2D eigenvalue weighted by Gasteiger charge is 2.28. The number of aromatic hydroxyl groups is 1. The number of nitrogen functional groups attached to an aromatic ring is 1. The maximum absolute atomic E-state index is 13.3. The molecule has 0 aromatic heterocycles. The molecular weight excluding hydrogens is 264 g/mol. The maximum Gasteiger partial charge on any atom is 0.204 e. The molecule has 0 saturated carbocycles. The van der Waals surface area contributed by atoms with Gasteiger partial charge in [0.15, 0.2) is 34.8 Å². The van der Waals surface area contributed by atoms with Gasteiger partial charge in [-0.2, -0.15) is 4.39 Å². The van der Waals surface area contributed by atoms with E-state index in [0.717, 1.165) is 0 Å². The molecule has 0 unspecified atom stereocenters. The fourth-order valence-corrected chi connectivity index (χ4v) is 1.55. The molecule has 0 atom stereocenters. The summed E-state index contributed by atoms with van der Waals surface area (Å²) in [5, 5.41) is 6.50. The summed E-state index contributed by atoms with van der Waals surface area (Å²) < 4.78 is 78.6. The standard InChI is InChI=1S/C10H3F6NO/c11-3-1-2(10(18)8(16)6(3)14)4(12)5(13)7(15)9(1)17/h18H,17H2. The van der Waals surface area contributed by atoms with Gasteiger partial charge in [-0.3, -0.25) is 0 Å². The molecule has 0 aliphatic carbocycles. The minimum Gasteiger partial charge on any atom is -0.504 e. The Balaban J connectivity index is 3.22. The van der Waals surface area contributed by atoms with Crippen molar-refractivity contribution in [2.75, 3.05) is 5.73 Å². The summed E-state index contributed by atoms with van der Waals surface area (Å²) in [4.78, 5) is 0. The molecule has 2 aromatic carbocycles. The van der Waals surface area contributed by atoms with Crippen molar-refractivity contribution in [2.24, 2.45) is 0 Å². The molecule has 0 spiro atoms. The Labute approximate surface area is 95.2 Å². The number of rotatable bonds is 0. The third kappa shape index (κ3) is 1.31. The van der Waals surface area contributed by atoms with Crippen LogP contribution in [0.1, 0.15) is 0 Å². The molecule has 0 fully saturated rings. The fraction of sp³-hybridized carbons (Fsp3) is 0. The van der Waals surface area contributed by atoms with Gasteiger partial charge in [-0.25, -0.2) is 22.0 Å². The first kappa shape index (κ1) is 12.3. The number of fused-ring (bicyclic) bond motifs is 1. The first-order valence-corrected chi connectivity index (χ1v) is 4.40. The summed E-state index contributed by atoms with van der Waals surface area (Å²) in [6.45, 7) is 0. The first-order valence-electron chi connectivity index (χ1n) is 4.40. The summed E-state index contributed by atoms with van der Waals surface area (Å²) in [5.74, 6) is -14.1. The monoisotopic (exact) mass is 267 g/mol. The molecule has 0 amide bonds. The van der Waals surface area contributed by atoms with Crippen LogP contribution < -0.4 is 5.73 Å². The molecule has 0 aliphatic rings. The van der Waals surface area contributed by atoms with Crippen molar-refractivity contribution < 1.29 is 31.4 Å². The van der Waals surface area contributed by atoms with Gasteiger partial charge in [0, 0.05) is 0 Å². The number of phenolic OH excluding ortho intramolecular Hbond substituents is 1. The van der Waals surface area contributed by atoms with Gasteiger partial charge >= 0.3 is 0 Å². The quantitative estimate of drug-likeness (QED) is 0.438. The van der Waals surface area contributed by atoms with Crippen LogP contribution in [0.15, 0.2) is 0 Å². The third-order valence-corrected chi connectivity index (χ3v) is 2.41. The van der Waals surface area contributed by atoms with Crippen molar-refractivity contribution in [1.82, 2.24) is 0 Å². The largest absolute Gasteiger partial charge is 0.504 e. The summed E-state index contributed by atoms with van der Waals surface area (Å²) in [7, 11) is 0. The lowest BCUT2D eigenvalue weighted by molar-refractivity contribution is 0.390. The van der Waals surface area contributed by atoms with E-state index in [1.165, 1.54) is 0 Å². The van der Waals surface area contributed by atoms with Crippen LogP contribution >= 0.6 is 0 Å². The van der Waals surface area contributed by atoms with Gasteiger partial charge in [0.25, 0.3) is 0 Å². The van der Waals surface area contributed by atoms with Crippen LogP contribution in [-0.2, 0) is 0 Å². The second-order valence-corrected chi connectivity index (χ2v) is 3.40. The van der Waals surface area contributed by atoms with Gasteiger partial charge < -0.3 is 10.8 Å². The Bertz CT molecular complexity index is 571. The van der Waals surface area contributed by atoms with E-state index in [-0.39, 0.29) is 0 Å². The number of phenols is 1. The molecule has 0 radical (unpaired) electrons. The van der Waals surface area contributed by atoms with Crippen LogP contribution in [0.3, 0.4) is 0 Å². The van der Waals surface area contributed by atoms with Crippen molar-refractivity contribution in [3.8, 4) is 5.75 Å². The van der Waals surface area contributed by atoms with Crippen LogP contribution in [0.5, 0.6) is 5.75 Å². The smallest absolute Gasteiger partial charge is 0.204 e. The Kier molecular flexibility index (Phi) is 2.53. The summed E-state index contributed by atoms with van der Waals surface area (Å²) in [6.07, 6.45) is 0. The second-order valence-electron chi connectivity index (χ2n) is 3.40. The van der Waals surface area contributed by atoms with Gasteiger partial charge in [0.2, 0.25) is 5.82 Å². The Hall–Kier alpha value is -2.12. The minimum atomic E-state index is -2.17. The SMILES string of the molecule is Nc1c(F)c(F)c(F)c2c(O)c(F)c(F)c(F)c12. The van der Waals surface area contributed by atoms with Crippen LogP contribution in [-0.4, -0.2) is 5.11 Å². The van der Waals surface area contributed by atoms with E-state index >= 15 is 0 Å². The van der Waals surface area contributed by atoms with Gasteiger partial charge in [-0.05, 0) is 0 Å². The van der Waals surface area contributed by atoms with Crippen molar-refractivity contribution in [2.45, 2.75) is 0 Å². The Morgan fingerprint density at radius 1 is 0.611 bits per heavy atom. The van der Waals surface area contributed by atoms with E-state index in [1.54, 1.807) is 0 Å². The van der Waals surface area contributed by atoms with Crippen LogP contribution in [0.25, 0.3) is 10.8 Å². The number of anilines is 1. The Morgan fingerprint density at radius 2 is 1.06 bits per heavy atom. The van der Waals surface area contributed by atoms with E-state index in [0.29, 0.717) is 0 Å². The number of halogens is 6. The van der Waals surface area contributed by atoms with Gasteiger partial charge in [0.05, 0.1) is 16.5 Å². The van der Waals surface area contributed by atoms with Crippen LogP contribution in [0.2, 0.25) is 0 Å². The molecule has 0 bridgehead atoms. The topological polar surface area (TPSA) is 46.2 Å². The molecular formula is C10H3F6NO. The molecule has 0 aliphatic heterocycles. The molecule has 0 heterocycles. The van der Waals surface area contributed by atoms with Crippen molar-refractivity contribution in [3.63, 3.8) is 0 Å². The first-order chi connectivity index (χ1) is 8.29. The number of hydrogen-bond acceptors (Lipinski definition) is 2. The van der Waals surface area contributed by atoms with Crippen LogP contribution in [0, 0.1) is 34.9 Å². The van der Waals surface area contributed by atoms with Crippen molar-refractivity contribution >= 4 is 16.5 Å². The van der Waals surface area contributed by atoms with E-state index in [2.05, 4.69) is 0 Å². The van der Waals surface area contributed by atoms with Gasteiger partial charge in [-0.15, -0.1) is 0 Å². The summed E-state index contributed by atoms with van der Waals surface area (Å²) in [5.41, 5.74) is 3.69.